The van der Waals surface area contributed by atoms with E-state index in [-0.39, 0.29) is 5.91 Å². The SMILES string of the molecule is CCN(CC)C(=O)C(Cc1ccccc1)n1cnnn1. The highest BCUT2D eigenvalue weighted by Crippen LogP contribution is 2.16. The highest BCUT2D eigenvalue weighted by atomic mass is 16.2. The molecule has 1 amide bonds. The molecular formula is C14H19N5O. The molecule has 0 bridgehead atoms. The number of aromatic nitrogens is 4. The third-order valence-electron chi connectivity index (χ3n) is 3.32. The minimum absolute atomic E-state index is 0.0474. The molecule has 0 spiro atoms. The molecule has 0 aliphatic carbocycles. The highest BCUT2D eigenvalue weighted by Gasteiger charge is 2.25. The fourth-order valence-electron chi connectivity index (χ4n) is 2.19. The Hall–Kier alpha value is -2.24. The number of tetrazole rings is 1. The van der Waals surface area contributed by atoms with Crippen LogP contribution in [-0.2, 0) is 11.2 Å². The van der Waals surface area contributed by atoms with Gasteiger partial charge >= 0.3 is 0 Å². The zero-order valence-electron chi connectivity index (χ0n) is 11.8. The summed E-state index contributed by atoms with van der Waals surface area (Å²) in [5, 5.41) is 11.2. The van der Waals surface area contributed by atoms with Crippen molar-refractivity contribution < 1.29 is 4.79 Å². The summed E-state index contributed by atoms with van der Waals surface area (Å²) in [5.41, 5.74) is 1.09. The van der Waals surface area contributed by atoms with Crippen molar-refractivity contribution in [2.75, 3.05) is 13.1 Å². The lowest BCUT2D eigenvalue weighted by Gasteiger charge is -2.24. The molecule has 1 atom stereocenters. The summed E-state index contributed by atoms with van der Waals surface area (Å²) in [4.78, 5) is 14.4. The summed E-state index contributed by atoms with van der Waals surface area (Å²) in [6, 6.07) is 9.51. The Kier molecular flexibility index (Phi) is 4.81. The smallest absolute Gasteiger partial charge is 0.247 e. The molecular weight excluding hydrogens is 254 g/mol. The van der Waals surface area contributed by atoms with Crippen LogP contribution in [0.2, 0.25) is 0 Å². The quantitative estimate of drug-likeness (QED) is 0.796. The van der Waals surface area contributed by atoms with Crippen LogP contribution in [-0.4, -0.2) is 44.1 Å². The molecule has 106 valence electrons. The predicted molar refractivity (Wildman–Crippen MR) is 74.9 cm³/mol. The number of hydrogen-bond acceptors (Lipinski definition) is 4. The number of carbonyl (C=O) groups is 1. The number of nitrogens with zero attached hydrogens (tertiary/aromatic N) is 5. The lowest BCUT2D eigenvalue weighted by molar-refractivity contribution is -0.134. The van der Waals surface area contributed by atoms with E-state index in [0.717, 1.165) is 5.56 Å². The Morgan fingerprint density at radius 3 is 2.50 bits per heavy atom. The van der Waals surface area contributed by atoms with Crippen LogP contribution in [0.1, 0.15) is 25.5 Å². The van der Waals surface area contributed by atoms with Crippen molar-refractivity contribution in [1.82, 2.24) is 25.1 Å². The van der Waals surface area contributed by atoms with Gasteiger partial charge in [0.2, 0.25) is 5.91 Å². The summed E-state index contributed by atoms with van der Waals surface area (Å²) in [6.45, 7) is 5.31. The van der Waals surface area contributed by atoms with Crippen LogP contribution in [0.4, 0.5) is 0 Å². The van der Waals surface area contributed by atoms with E-state index >= 15 is 0 Å². The Morgan fingerprint density at radius 2 is 1.95 bits per heavy atom. The summed E-state index contributed by atoms with van der Waals surface area (Å²) >= 11 is 0. The third kappa shape index (κ3) is 3.20. The summed E-state index contributed by atoms with van der Waals surface area (Å²) in [6.07, 6.45) is 2.08. The van der Waals surface area contributed by atoms with Crippen molar-refractivity contribution in [2.45, 2.75) is 26.3 Å². The fourth-order valence-corrected chi connectivity index (χ4v) is 2.19. The molecule has 2 rings (SSSR count). The van der Waals surface area contributed by atoms with Crippen molar-refractivity contribution >= 4 is 5.91 Å². The van der Waals surface area contributed by atoms with Crippen molar-refractivity contribution in [3.63, 3.8) is 0 Å². The maximum atomic E-state index is 12.6. The number of benzene rings is 1. The Balaban J connectivity index is 2.24. The average molecular weight is 273 g/mol. The van der Waals surface area contributed by atoms with E-state index < -0.39 is 6.04 Å². The number of rotatable bonds is 6. The van der Waals surface area contributed by atoms with Crippen LogP contribution in [0.5, 0.6) is 0 Å². The van der Waals surface area contributed by atoms with Crippen molar-refractivity contribution in [3.8, 4) is 0 Å². The number of likely N-dealkylation sites (N-methyl/N-ethyl adjacent to an activating group) is 1. The molecule has 0 radical (unpaired) electrons. The van der Waals surface area contributed by atoms with Crippen molar-refractivity contribution in [2.24, 2.45) is 0 Å². The van der Waals surface area contributed by atoms with Crippen LogP contribution in [0, 0.1) is 0 Å². The minimum atomic E-state index is -0.396. The van der Waals surface area contributed by atoms with Gasteiger partial charge in [-0.3, -0.25) is 4.79 Å². The largest absolute Gasteiger partial charge is 0.341 e. The van der Waals surface area contributed by atoms with E-state index in [2.05, 4.69) is 15.5 Å². The van der Waals surface area contributed by atoms with E-state index in [4.69, 9.17) is 0 Å². The van der Waals surface area contributed by atoms with Gasteiger partial charge in [0.05, 0.1) is 0 Å². The molecule has 6 heteroatoms. The molecule has 2 aromatic rings. The molecule has 0 saturated carbocycles. The van der Waals surface area contributed by atoms with Crippen LogP contribution >= 0.6 is 0 Å². The second-order valence-electron chi connectivity index (χ2n) is 4.51. The number of hydrogen-bond donors (Lipinski definition) is 0. The lowest BCUT2D eigenvalue weighted by Crippen LogP contribution is -2.38. The second-order valence-corrected chi connectivity index (χ2v) is 4.51. The first-order chi connectivity index (χ1) is 9.76. The van der Waals surface area contributed by atoms with Crippen molar-refractivity contribution in [1.29, 1.82) is 0 Å². The molecule has 0 N–H and O–H groups in total. The van der Waals surface area contributed by atoms with Gasteiger partial charge in [0.1, 0.15) is 12.4 Å². The Bertz CT molecular complexity index is 522. The molecule has 0 aliphatic heterocycles. The third-order valence-corrected chi connectivity index (χ3v) is 3.32. The second kappa shape index (κ2) is 6.79. The van der Waals surface area contributed by atoms with Gasteiger partial charge in [-0.15, -0.1) is 5.10 Å². The molecule has 6 nitrogen and oxygen atoms in total. The van der Waals surface area contributed by atoms with Gasteiger partial charge in [-0.25, -0.2) is 4.68 Å². The predicted octanol–water partition coefficient (Wildman–Crippen LogP) is 1.33. The first-order valence-corrected chi connectivity index (χ1v) is 6.81. The highest BCUT2D eigenvalue weighted by molar-refractivity contribution is 5.80. The molecule has 0 saturated heterocycles. The Morgan fingerprint density at radius 1 is 1.25 bits per heavy atom. The zero-order valence-corrected chi connectivity index (χ0v) is 11.8. The summed E-state index contributed by atoms with van der Waals surface area (Å²) < 4.78 is 1.54. The minimum Gasteiger partial charge on any atom is -0.341 e. The normalized spacial score (nSPS) is 12.1. The van der Waals surface area contributed by atoms with Gasteiger partial charge in [0.25, 0.3) is 0 Å². The monoisotopic (exact) mass is 273 g/mol. The van der Waals surface area contributed by atoms with E-state index in [1.54, 1.807) is 4.90 Å². The van der Waals surface area contributed by atoms with Gasteiger partial charge in [0.15, 0.2) is 0 Å². The topological polar surface area (TPSA) is 63.9 Å². The zero-order chi connectivity index (χ0) is 14.4. The molecule has 1 aromatic heterocycles. The van der Waals surface area contributed by atoms with Crippen LogP contribution in [0.3, 0.4) is 0 Å². The molecule has 1 aromatic carbocycles. The fraction of sp³-hybridized carbons (Fsp3) is 0.429. The van der Waals surface area contributed by atoms with Gasteiger partial charge in [-0.05, 0) is 29.8 Å². The lowest BCUT2D eigenvalue weighted by atomic mass is 10.0. The molecule has 1 heterocycles. The Labute approximate surface area is 118 Å². The van der Waals surface area contributed by atoms with Gasteiger partial charge in [-0.1, -0.05) is 30.3 Å². The maximum absolute atomic E-state index is 12.6. The van der Waals surface area contributed by atoms with Gasteiger partial charge in [-0.2, -0.15) is 0 Å². The molecule has 0 fully saturated rings. The average Bonchev–Trinajstić information content (AvgIpc) is 3.01. The molecule has 0 aliphatic rings. The van der Waals surface area contributed by atoms with Crippen LogP contribution in [0.15, 0.2) is 36.7 Å². The maximum Gasteiger partial charge on any atom is 0.247 e. The van der Waals surface area contributed by atoms with E-state index in [1.165, 1.54) is 11.0 Å². The van der Waals surface area contributed by atoms with Crippen LogP contribution < -0.4 is 0 Å². The van der Waals surface area contributed by atoms with E-state index in [0.29, 0.717) is 19.5 Å². The number of amides is 1. The van der Waals surface area contributed by atoms with E-state index in [9.17, 15) is 4.79 Å². The van der Waals surface area contributed by atoms with Gasteiger partial charge < -0.3 is 4.90 Å². The van der Waals surface area contributed by atoms with E-state index in [1.807, 2.05) is 44.2 Å². The summed E-state index contributed by atoms with van der Waals surface area (Å²) in [5.74, 6) is 0.0474. The summed E-state index contributed by atoms with van der Waals surface area (Å²) in [7, 11) is 0. The molecule has 20 heavy (non-hydrogen) atoms. The molecule has 1 unspecified atom stereocenters. The standard InChI is InChI=1S/C14H19N5O/c1-3-18(4-2)14(20)13(19-11-15-16-17-19)10-12-8-6-5-7-9-12/h5-9,11,13H,3-4,10H2,1-2H3. The first kappa shape index (κ1) is 14.2. The van der Waals surface area contributed by atoms with Crippen LogP contribution in [0.25, 0.3) is 0 Å². The first-order valence-electron chi connectivity index (χ1n) is 6.81. The van der Waals surface area contributed by atoms with Gasteiger partial charge in [0, 0.05) is 19.5 Å². The van der Waals surface area contributed by atoms with Crippen molar-refractivity contribution in [3.05, 3.63) is 42.2 Å². The number of carbonyl (C=O) groups excluding carboxylic acids is 1.